The molecule has 2 amide bonds. The van der Waals surface area contributed by atoms with Crippen LogP contribution in [0.1, 0.15) is 42.3 Å². The fourth-order valence-corrected chi connectivity index (χ4v) is 3.71. The van der Waals surface area contributed by atoms with Gasteiger partial charge in [0.2, 0.25) is 5.91 Å². The van der Waals surface area contributed by atoms with Gasteiger partial charge < -0.3 is 10.6 Å². The molecule has 0 aliphatic heterocycles. The average Bonchev–Trinajstić information content (AvgIpc) is 2.75. The average molecular weight is 433 g/mol. The van der Waals surface area contributed by atoms with E-state index in [-0.39, 0.29) is 17.2 Å². The number of thioether (sulfide) groups is 1. The number of rotatable bonds is 6. The minimum Gasteiger partial charge on any atom is -0.325 e. The van der Waals surface area contributed by atoms with Crippen molar-refractivity contribution in [1.82, 2.24) is 0 Å². The van der Waals surface area contributed by atoms with Gasteiger partial charge in [-0.15, -0.1) is 11.8 Å². The first-order valence-electron chi connectivity index (χ1n) is 10.2. The highest BCUT2D eigenvalue weighted by Crippen LogP contribution is 2.26. The van der Waals surface area contributed by atoms with Gasteiger partial charge in [0.15, 0.2) is 0 Å². The van der Waals surface area contributed by atoms with Gasteiger partial charge in [-0.1, -0.05) is 57.2 Å². The molecule has 160 valence electrons. The van der Waals surface area contributed by atoms with Crippen LogP contribution in [0.3, 0.4) is 0 Å². The van der Waals surface area contributed by atoms with Gasteiger partial charge in [0, 0.05) is 21.8 Å². The third-order valence-corrected chi connectivity index (χ3v) is 5.91. The van der Waals surface area contributed by atoms with Crippen LogP contribution in [0.15, 0.2) is 77.7 Å². The number of aryl methyl sites for hydroxylation is 1. The van der Waals surface area contributed by atoms with Crippen LogP contribution in [0.25, 0.3) is 0 Å². The highest BCUT2D eigenvalue weighted by Gasteiger charge is 2.13. The maximum atomic E-state index is 12.4. The topological polar surface area (TPSA) is 58.2 Å². The summed E-state index contributed by atoms with van der Waals surface area (Å²) in [4.78, 5) is 25.9. The fourth-order valence-electron chi connectivity index (χ4n) is 3.02. The molecule has 0 spiro atoms. The largest absolute Gasteiger partial charge is 0.325 e. The number of anilines is 2. The lowest BCUT2D eigenvalue weighted by molar-refractivity contribution is -0.113. The van der Waals surface area contributed by atoms with Crippen molar-refractivity contribution in [1.29, 1.82) is 0 Å². The van der Waals surface area contributed by atoms with E-state index in [0.717, 1.165) is 10.5 Å². The molecule has 0 radical (unpaired) electrons. The Morgan fingerprint density at radius 2 is 1.55 bits per heavy atom. The molecule has 31 heavy (non-hydrogen) atoms. The van der Waals surface area contributed by atoms with Crippen molar-refractivity contribution in [3.05, 3.63) is 89.5 Å². The number of nitrogens with one attached hydrogen (secondary N) is 2. The van der Waals surface area contributed by atoms with Crippen LogP contribution in [0.5, 0.6) is 0 Å². The van der Waals surface area contributed by atoms with E-state index in [2.05, 4.69) is 55.7 Å². The molecule has 0 heterocycles. The predicted octanol–water partition coefficient (Wildman–Crippen LogP) is 6.28. The Kier molecular flexibility index (Phi) is 7.18. The zero-order chi connectivity index (χ0) is 22.4. The molecule has 3 aromatic rings. The normalized spacial score (nSPS) is 11.1. The van der Waals surface area contributed by atoms with Crippen LogP contribution >= 0.6 is 11.8 Å². The summed E-state index contributed by atoms with van der Waals surface area (Å²) < 4.78 is 0. The lowest BCUT2D eigenvalue weighted by Gasteiger charge is -2.19. The van der Waals surface area contributed by atoms with Crippen molar-refractivity contribution in [2.45, 2.75) is 38.0 Å². The number of hydrogen-bond donors (Lipinski definition) is 2. The minimum atomic E-state index is -0.179. The highest BCUT2D eigenvalue weighted by molar-refractivity contribution is 8.00. The zero-order valence-electron chi connectivity index (χ0n) is 18.4. The predicted molar refractivity (Wildman–Crippen MR) is 130 cm³/mol. The minimum absolute atomic E-state index is 0.0888. The SMILES string of the molecule is Cc1ccc(NC(=O)CSc2ccc(C(C)(C)C)cc2)cc1NC(=O)c1ccccc1. The lowest BCUT2D eigenvalue weighted by Crippen LogP contribution is -2.16. The second-order valence-corrected chi connectivity index (χ2v) is 9.51. The Labute approximate surface area is 188 Å². The van der Waals surface area contributed by atoms with Gasteiger partial charge in [-0.2, -0.15) is 0 Å². The summed E-state index contributed by atoms with van der Waals surface area (Å²) in [6.07, 6.45) is 0. The van der Waals surface area contributed by atoms with E-state index in [1.807, 2.05) is 37.3 Å². The van der Waals surface area contributed by atoms with Gasteiger partial charge in [-0.25, -0.2) is 0 Å². The second-order valence-electron chi connectivity index (χ2n) is 8.46. The van der Waals surface area contributed by atoms with Crippen molar-refractivity contribution in [3.8, 4) is 0 Å². The van der Waals surface area contributed by atoms with Crippen LogP contribution in [0.4, 0.5) is 11.4 Å². The second kappa shape index (κ2) is 9.84. The van der Waals surface area contributed by atoms with Crippen LogP contribution < -0.4 is 10.6 Å². The highest BCUT2D eigenvalue weighted by atomic mass is 32.2. The van der Waals surface area contributed by atoms with E-state index >= 15 is 0 Å². The first-order chi connectivity index (χ1) is 14.7. The summed E-state index contributed by atoms with van der Waals surface area (Å²) in [5, 5.41) is 5.84. The lowest BCUT2D eigenvalue weighted by atomic mass is 9.87. The molecule has 0 fully saturated rings. The molecule has 0 saturated heterocycles. The Hall–Kier alpha value is -3.05. The molecule has 0 bridgehead atoms. The molecule has 0 aliphatic rings. The summed E-state index contributed by atoms with van der Waals surface area (Å²) >= 11 is 1.50. The van der Waals surface area contributed by atoms with Crippen LogP contribution in [0.2, 0.25) is 0 Å². The van der Waals surface area contributed by atoms with Crippen LogP contribution in [-0.4, -0.2) is 17.6 Å². The molecular weight excluding hydrogens is 404 g/mol. The van der Waals surface area contributed by atoms with Gasteiger partial charge in [-0.3, -0.25) is 9.59 Å². The quantitative estimate of drug-likeness (QED) is 0.451. The molecule has 4 nitrogen and oxygen atoms in total. The fraction of sp³-hybridized carbons (Fsp3) is 0.231. The first kappa shape index (κ1) is 22.6. The van der Waals surface area contributed by atoms with E-state index in [9.17, 15) is 9.59 Å². The molecule has 0 aromatic heterocycles. The molecule has 5 heteroatoms. The smallest absolute Gasteiger partial charge is 0.255 e. The van der Waals surface area contributed by atoms with Crippen molar-refractivity contribution >= 4 is 35.0 Å². The molecular formula is C26H28N2O2S. The number of amides is 2. The monoisotopic (exact) mass is 432 g/mol. The van der Waals surface area contributed by atoms with E-state index in [1.54, 1.807) is 18.2 Å². The molecule has 3 rings (SSSR count). The zero-order valence-corrected chi connectivity index (χ0v) is 19.2. The van der Waals surface area contributed by atoms with E-state index in [0.29, 0.717) is 22.7 Å². The van der Waals surface area contributed by atoms with Gasteiger partial charge >= 0.3 is 0 Å². The summed E-state index contributed by atoms with van der Waals surface area (Å²) in [5.74, 6) is 0.0459. The Morgan fingerprint density at radius 1 is 0.871 bits per heavy atom. The first-order valence-corrected chi connectivity index (χ1v) is 11.2. The molecule has 0 atom stereocenters. The Morgan fingerprint density at radius 3 is 2.19 bits per heavy atom. The van der Waals surface area contributed by atoms with Crippen molar-refractivity contribution in [3.63, 3.8) is 0 Å². The summed E-state index contributed by atoms with van der Waals surface area (Å²) in [6.45, 7) is 8.46. The van der Waals surface area contributed by atoms with Crippen LogP contribution in [-0.2, 0) is 10.2 Å². The molecule has 0 saturated carbocycles. The molecule has 2 N–H and O–H groups in total. The van der Waals surface area contributed by atoms with Gasteiger partial charge in [-0.05, 0) is 59.9 Å². The third kappa shape index (κ3) is 6.46. The van der Waals surface area contributed by atoms with Crippen molar-refractivity contribution in [2.75, 3.05) is 16.4 Å². The van der Waals surface area contributed by atoms with E-state index in [1.165, 1.54) is 17.3 Å². The summed E-state index contributed by atoms with van der Waals surface area (Å²) in [6, 6.07) is 22.9. The third-order valence-electron chi connectivity index (χ3n) is 4.90. The standard InChI is InChI=1S/C26H28N2O2S/c1-18-10-13-21(16-23(18)28-25(30)19-8-6-5-7-9-19)27-24(29)17-31-22-14-11-20(12-15-22)26(2,3)4/h5-16H,17H2,1-4H3,(H,27,29)(H,28,30). The Bertz CT molecular complexity index is 1060. The van der Waals surface area contributed by atoms with Gasteiger partial charge in [0.25, 0.3) is 5.91 Å². The number of carbonyl (C=O) groups is 2. The maximum Gasteiger partial charge on any atom is 0.255 e. The molecule has 3 aromatic carbocycles. The number of benzene rings is 3. The number of hydrogen-bond acceptors (Lipinski definition) is 3. The van der Waals surface area contributed by atoms with Crippen molar-refractivity contribution in [2.24, 2.45) is 0 Å². The maximum absolute atomic E-state index is 12.4. The van der Waals surface area contributed by atoms with E-state index < -0.39 is 0 Å². The van der Waals surface area contributed by atoms with Gasteiger partial charge in [0.05, 0.1) is 5.75 Å². The Balaban J connectivity index is 1.59. The number of carbonyl (C=O) groups excluding carboxylic acids is 2. The van der Waals surface area contributed by atoms with Crippen molar-refractivity contribution < 1.29 is 9.59 Å². The molecule has 0 aliphatic carbocycles. The molecule has 0 unspecified atom stereocenters. The van der Waals surface area contributed by atoms with Gasteiger partial charge in [0.1, 0.15) is 0 Å². The van der Waals surface area contributed by atoms with E-state index in [4.69, 9.17) is 0 Å². The summed E-state index contributed by atoms with van der Waals surface area (Å²) in [7, 11) is 0. The van der Waals surface area contributed by atoms with Crippen LogP contribution in [0, 0.1) is 6.92 Å². The summed E-state index contributed by atoms with van der Waals surface area (Å²) in [5.41, 5.74) is 4.23.